The summed E-state index contributed by atoms with van der Waals surface area (Å²) in [6, 6.07) is 14.0. The van der Waals surface area contributed by atoms with Gasteiger partial charge in [-0.1, -0.05) is 30.0 Å². The summed E-state index contributed by atoms with van der Waals surface area (Å²) in [5.41, 5.74) is 1.40. The van der Waals surface area contributed by atoms with Crippen LogP contribution < -0.4 is 4.74 Å². The Hall–Kier alpha value is -2.42. The van der Waals surface area contributed by atoms with Crippen molar-refractivity contribution in [1.82, 2.24) is 14.8 Å². The highest BCUT2D eigenvalue weighted by Gasteiger charge is 2.14. The van der Waals surface area contributed by atoms with Crippen LogP contribution in [0.4, 0.5) is 4.39 Å². The minimum atomic E-state index is -0.696. The maximum atomic E-state index is 13.5. The molecule has 1 N–H and O–H groups in total. The van der Waals surface area contributed by atoms with Gasteiger partial charge in [0.15, 0.2) is 11.0 Å². The van der Waals surface area contributed by atoms with E-state index in [2.05, 4.69) is 10.2 Å². The predicted octanol–water partition coefficient (Wildman–Crippen LogP) is 3.30. The number of nitrogens with zero attached hydrogens (tertiary/aromatic N) is 3. The third-order valence-corrected chi connectivity index (χ3v) is 5.28. The lowest BCUT2D eigenvalue weighted by atomic mass is 10.2. The van der Waals surface area contributed by atoms with Gasteiger partial charge in [-0.25, -0.2) is 4.39 Å². The van der Waals surface area contributed by atoms with Gasteiger partial charge in [-0.05, 0) is 30.3 Å². The zero-order valence-corrected chi connectivity index (χ0v) is 16.5. The molecular formula is C20H22FN3O3S. The average Bonchev–Trinajstić information content (AvgIpc) is 3.08. The van der Waals surface area contributed by atoms with Gasteiger partial charge in [-0.3, -0.25) is 0 Å². The molecular weight excluding hydrogens is 381 g/mol. The lowest BCUT2D eigenvalue weighted by Gasteiger charge is -2.11. The van der Waals surface area contributed by atoms with E-state index in [1.54, 1.807) is 25.3 Å². The third-order valence-electron chi connectivity index (χ3n) is 4.11. The van der Waals surface area contributed by atoms with E-state index in [0.717, 1.165) is 17.1 Å². The number of aliphatic hydroxyl groups excluding tert-OH is 1. The van der Waals surface area contributed by atoms with Gasteiger partial charge in [0.2, 0.25) is 0 Å². The van der Waals surface area contributed by atoms with E-state index in [9.17, 15) is 9.50 Å². The van der Waals surface area contributed by atoms with E-state index in [0.29, 0.717) is 16.5 Å². The zero-order valence-electron chi connectivity index (χ0n) is 15.7. The summed E-state index contributed by atoms with van der Waals surface area (Å²) in [6.07, 6.45) is -0.696. The molecule has 0 aliphatic carbocycles. The van der Waals surface area contributed by atoms with E-state index in [4.69, 9.17) is 9.47 Å². The lowest BCUT2D eigenvalue weighted by molar-refractivity contribution is 0.0386. The molecule has 0 aliphatic rings. The van der Waals surface area contributed by atoms with Crippen molar-refractivity contribution in [3.05, 3.63) is 59.9 Å². The van der Waals surface area contributed by atoms with Crippen LogP contribution in [0.3, 0.4) is 0 Å². The van der Waals surface area contributed by atoms with Crippen molar-refractivity contribution < 1.29 is 19.0 Å². The summed E-state index contributed by atoms with van der Waals surface area (Å²) in [5.74, 6) is 1.59. The molecule has 0 saturated carbocycles. The summed E-state index contributed by atoms with van der Waals surface area (Å²) < 4.78 is 26.0. The Labute approximate surface area is 167 Å². The molecule has 1 heterocycles. The molecule has 148 valence electrons. The Morgan fingerprint density at radius 3 is 2.61 bits per heavy atom. The second kappa shape index (κ2) is 9.68. The Bertz CT molecular complexity index is 902. The molecule has 8 heteroatoms. The topological polar surface area (TPSA) is 69.4 Å². The Morgan fingerprint density at radius 2 is 1.89 bits per heavy atom. The van der Waals surface area contributed by atoms with Crippen LogP contribution in [0.1, 0.15) is 5.56 Å². The van der Waals surface area contributed by atoms with Gasteiger partial charge in [0.25, 0.3) is 0 Å². The third kappa shape index (κ3) is 5.09. The molecule has 0 unspecified atom stereocenters. The molecule has 3 aromatic rings. The lowest BCUT2D eigenvalue weighted by Crippen LogP contribution is -2.18. The van der Waals surface area contributed by atoms with Crippen molar-refractivity contribution in [2.45, 2.75) is 17.9 Å². The molecule has 0 radical (unpaired) electrons. The van der Waals surface area contributed by atoms with Gasteiger partial charge in [-0.15, -0.1) is 10.2 Å². The fourth-order valence-corrected chi connectivity index (χ4v) is 3.39. The summed E-state index contributed by atoms with van der Waals surface area (Å²) in [4.78, 5) is 0. The second-order valence-electron chi connectivity index (χ2n) is 6.17. The Balaban J connectivity index is 1.50. The Morgan fingerprint density at radius 1 is 1.14 bits per heavy atom. The highest BCUT2D eigenvalue weighted by atomic mass is 32.2. The maximum Gasteiger partial charge on any atom is 0.191 e. The molecule has 0 amide bonds. The molecule has 0 saturated heterocycles. The average molecular weight is 403 g/mol. The smallest absolute Gasteiger partial charge is 0.191 e. The number of benzene rings is 2. The van der Waals surface area contributed by atoms with Crippen molar-refractivity contribution in [3.8, 4) is 17.1 Å². The van der Waals surface area contributed by atoms with E-state index in [-0.39, 0.29) is 19.0 Å². The quantitative estimate of drug-likeness (QED) is 0.553. The van der Waals surface area contributed by atoms with E-state index >= 15 is 0 Å². The Kier molecular flexibility index (Phi) is 7.02. The van der Waals surface area contributed by atoms with Gasteiger partial charge in [-0.2, -0.15) is 0 Å². The zero-order chi connectivity index (χ0) is 19.9. The highest BCUT2D eigenvalue weighted by molar-refractivity contribution is 7.99. The molecule has 1 aromatic heterocycles. The highest BCUT2D eigenvalue weighted by Crippen LogP contribution is 2.24. The number of aromatic nitrogens is 3. The summed E-state index contributed by atoms with van der Waals surface area (Å²) in [5, 5.41) is 19.2. The van der Waals surface area contributed by atoms with E-state index in [1.807, 2.05) is 35.9 Å². The minimum Gasteiger partial charge on any atom is -0.497 e. The first-order valence-electron chi connectivity index (χ1n) is 8.74. The number of hydrogen-bond donors (Lipinski definition) is 1. The first-order valence-corrected chi connectivity index (χ1v) is 9.73. The summed E-state index contributed by atoms with van der Waals surface area (Å²) in [6.45, 7) is 0.241. The number of methoxy groups -OCH3 is 1. The molecule has 0 spiro atoms. The fourth-order valence-electron chi connectivity index (χ4n) is 2.57. The summed E-state index contributed by atoms with van der Waals surface area (Å²) in [7, 11) is 3.50. The SMILES string of the molecule is COc1ccc(-c2nnc(SC[C@H](O)COCc3ccccc3F)n2C)cc1. The van der Waals surface area contributed by atoms with E-state index < -0.39 is 6.10 Å². The van der Waals surface area contributed by atoms with Crippen LogP contribution in [0.2, 0.25) is 0 Å². The van der Waals surface area contributed by atoms with Crippen LogP contribution in [0.5, 0.6) is 5.75 Å². The van der Waals surface area contributed by atoms with Gasteiger partial charge < -0.3 is 19.1 Å². The molecule has 0 bridgehead atoms. The van der Waals surface area contributed by atoms with Crippen LogP contribution in [0.25, 0.3) is 11.4 Å². The van der Waals surface area contributed by atoms with Crippen molar-refractivity contribution >= 4 is 11.8 Å². The van der Waals surface area contributed by atoms with Crippen molar-refractivity contribution in [1.29, 1.82) is 0 Å². The first-order chi connectivity index (χ1) is 13.6. The summed E-state index contributed by atoms with van der Waals surface area (Å²) >= 11 is 1.39. The normalized spacial score (nSPS) is 12.1. The van der Waals surface area contributed by atoms with Crippen molar-refractivity contribution in [2.75, 3.05) is 19.5 Å². The number of thioether (sulfide) groups is 1. The predicted molar refractivity (Wildman–Crippen MR) is 106 cm³/mol. The van der Waals surface area contributed by atoms with Gasteiger partial charge in [0.05, 0.1) is 26.4 Å². The number of aliphatic hydroxyl groups is 1. The standard InChI is InChI=1S/C20H22FN3O3S/c1-24-19(14-7-9-17(26-2)10-8-14)22-23-20(24)28-13-16(25)12-27-11-15-5-3-4-6-18(15)21/h3-10,16,25H,11-13H2,1-2H3/t16-/m1/s1. The van der Waals surface area contributed by atoms with E-state index in [1.165, 1.54) is 17.8 Å². The van der Waals surface area contributed by atoms with Crippen LogP contribution in [-0.4, -0.2) is 45.4 Å². The van der Waals surface area contributed by atoms with Gasteiger partial charge in [0.1, 0.15) is 11.6 Å². The monoisotopic (exact) mass is 403 g/mol. The molecule has 3 rings (SSSR count). The molecule has 0 aliphatic heterocycles. The fraction of sp³-hybridized carbons (Fsp3) is 0.300. The molecule has 6 nitrogen and oxygen atoms in total. The first kappa shape index (κ1) is 20.3. The molecule has 0 fully saturated rings. The largest absolute Gasteiger partial charge is 0.497 e. The number of ether oxygens (including phenoxy) is 2. The molecule has 2 aromatic carbocycles. The van der Waals surface area contributed by atoms with Crippen LogP contribution in [0, 0.1) is 5.82 Å². The van der Waals surface area contributed by atoms with Crippen molar-refractivity contribution in [3.63, 3.8) is 0 Å². The molecule has 28 heavy (non-hydrogen) atoms. The number of hydrogen-bond acceptors (Lipinski definition) is 6. The maximum absolute atomic E-state index is 13.5. The van der Waals surface area contributed by atoms with Crippen LogP contribution in [0.15, 0.2) is 53.7 Å². The number of rotatable bonds is 9. The van der Waals surface area contributed by atoms with Gasteiger partial charge in [0, 0.05) is 23.9 Å². The van der Waals surface area contributed by atoms with Gasteiger partial charge >= 0.3 is 0 Å². The number of halogens is 1. The molecule has 1 atom stereocenters. The second-order valence-corrected chi connectivity index (χ2v) is 7.15. The minimum absolute atomic E-state index is 0.116. The van der Waals surface area contributed by atoms with Crippen molar-refractivity contribution in [2.24, 2.45) is 7.05 Å². The van der Waals surface area contributed by atoms with Crippen LogP contribution in [-0.2, 0) is 18.4 Å². The van der Waals surface area contributed by atoms with Crippen LogP contribution >= 0.6 is 11.8 Å².